The number of aliphatic imine (C=N–C) groups is 1. The Kier molecular flexibility index (Phi) is 50.4. The normalized spacial score (nSPS) is 16.7. The van der Waals surface area contributed by atoms with Gasteiger partial charge >= 0.3 is 0 Å². The van der Waals surface area contributed by atoms with Gasteiger partial charge in [-0.1, -0.05) is 199 Å². The van der Waals surface area contributed by atoms with E-state index >= 15 is 0 Å². The van der Waals surface area contributed by atoms with Crippen molar-refractivity contribution in [2.24, 2.45) is 22.2 Å². The highest BCUT2D eigenvalue weighted by Gasteiger charge is 2.28. The number of hydrogen-bond donors (Lipinski definition) is 17. The van der Waals surface area contributed by atoms with Crippen molar-refractivity contribution >= 4 is 35.8 Å². The summed E-state index contributed by atoms with van der Waals surface area (Å²) in [4.78, 5) is 62.0. The molecule has 2 saturated carbocycles. The Hall–Kier alpha value is -6.84. The van der Waals surface area contributed by atoms with Crippen molar-refractivity contribution in [3.63, 3.8) is 0 Å². The van der Waals surface area contributed by atoms with Crippen LogP contribution in [0.1, 0.15) is 129 Å². The maximum atomic E-state index is 11.9. The highest BCUT2D eigenvalue weighted by atomic mass is 16.3. The fraction of sp³-hybridized carbons (Fsp3) is 0.556. The lowest BCUT2D eigenvalue weighted by molar-refractivity contribution is -0.132. The van der Waals surface area contributed by atoms with Gasteiger partial charge in [-0.25, -0.2) is 0 Å². The van der Waals surface area contributed by atoms with E-state index < -0.39 is 60.0 Å². The van der Waals surface area contributed by atoms with E-state index in [1.165, 1.54) is 26.0 Å². The molecule has 23 nitrogen and oxygen atoms in total. The largest absolute Gasteiger partial charge is 0.395 e. The minimum Gasteiger partial charge on any atom is -0.395 e. The number of hydrogen-bond acceptors (Lipinski definition) is 18. The molecule has 0 unspecified atom stereocenters. The standard InChI is InChI=1S/C13H23NO3.C13H19NO2.C13H17NO2.C11H20N2O3.C11H16N2O2.C11H21NO3/c1-2-6-12(16)11(9-15)14-13(17)10-7-4-3-5-8-10;2*1-2-6-13(16)12(10-15)14-9-11-7-4-3-5-8-11;1-12-11(16)9(7-14)13-10(15)8-5-3-2-4-6-8;1-12-11(15)10(8-14)13-7-9-5-3-2-4-6-9;1-5-6-9(14)8(7-13)12-10(15)11(2,3)4/h2,6,10-12,15-16H,3-5,7-9H2,1H3,(H,14,17);2-8,12-16H,9-10H2,1H3;2-9,12-13,15-16H,10H2,1H3;8-9,14H,2-7H2,1H3,(H,12,16)(H,13,15);2-6,10,13-14H,7-8H2,1H3,(H,12,15);5-6,8-9,13-14H,7H2,1-4H3,(H,12,15)/b2*6-2+;6-2+,14-9?;;;6-5+/t11-,12+;2*12-,13+;9-;10-;8-,9+/m000000/s1. The van der Waals surface area contributed by atoms with E-state index in [1.54, 1.807) is 90.4 Å². The first-order chi connectivity index (χ1) is 45.5. The topological polar surface area (TPSA) is 384 Å². The van der Waals surface area contributed by atoms with Crippen LogP contribution in [0.25, 0.3) is 0 Å². The van der Waals surface area contributed by atoms with Gasteiger partial charge in [0.05, 0.1) is 82.2 Å². The SMILES string of the molecule is C/C=C/[C@@H](O)[C@H](CO)N=Cc1ccccc1.C/C=C/[C@@H](O)[C@H](CO)NC(=O)C(C)(C)C.C/C=C/[C@@H](O)[C@H](CO)NC(=O)C1CCCCC1.C/C=C/[C@@H](O)[C@H](CO)NCc1ccccc1.CNC(=O)[C@H](CO)NC(=O)C1CCCCC1.CNC(=O)[C@H](CO)NCc1ccccc1. The van der Waals surface area contributed by atoms with Gasteiger partial charge in [-0.3, -0.25) is 34.3 Å². The zero-order valence-corrected chi connectivity index (χ0v) is 57.5. The molecule has 95 heavy (non-hydrogen) atoms. The Morgan fingerprint density at radius 3 is 1.21 bits per heavy atom. The molecular formula is C72H116N8O15. The number of rotatable bonds is 29. The molecule has 3 aromatic rings. The molecule has 17 N–H and O–H groups in total. The minimum absolute atomic E-state index is 0.00690. The second-order valence-corrected chi connectivity index (χ2v) is 23.7. The van der Waals surface area contributed by atoms with Crippen molar-refractivity contribution in [1.29, 1.82) is 0 Å². The van der Waals surface area contributed by atoms with Crippen molar-refractivity contribution in [1.82, 2.24) is 37.2 Å². The number of nitrogens with one attached hydrogen (secondary N) is 7. The molecule has 5 rings (SSSR count). The van der Waals surface area contributed by atoms with Crippen LogP contribution < -0.4 is 37.2 Å². The van der Waals surface area contributed by atoms with Gasteiger partial charge in [0.15, 0.2) is 0 Å². The van der Waals surface area contributed by atoms with Gasteiger partial charge in [0.1, 0.15) is 18.1 Å². The van der Waals surface area contributed by atoms with Crippen molar-refractivity contribution in [3.05, 3.63) is 156 Å². The van der Waals surface area contributed by atoms with E-state index in [4.69, 9.17) is 30.6 Å². The molecule has 2 fully saturated rings. The molecule has 0 saturated heterocycles. The molecule has 5 amide bonds. The Morgan fingerprint density at radius 1 is 0.463 bits per heavy atom. The number of allylic oxidation sites excluding steroid dienone is 4. The lowest BCUT2D eigenvalue weighted by Gasteiger charge is -2.25. The first-order valence-electron chi connectivity index (χ1n) is 32.9. The number of nitrogens with zero attached hydrogens (tertiary/aromatic N) is 1. The zero-order valence-electron chi connectivity index (χ0n) is 57.5. The second-order valence-electron chi connectivity index (χ2n) is 23.7. The first kappa shape index (κ1) is 88.2. The van der Waals surface area contributed by atoms with Crippen molar-refractivity contribution in [2.75, 3.05) is 53.7 Å². The lowest BCUT2D eigenvalue weighted by Crippen LogP contribution is -2.49. The number of aliphatic hydroxyl groups excluding tert-OH is 10. The predicted molar refractivity (Wildman–Crippen MR) is 374 cm³/mol. The molecule has 0 aliphatic heterocycles. The van der Waals surface area contributed by atoms with Gasteiger partial charge in [-0.05, 0) is 70.1 Å². The molecule has 23 heteroatoms. The second kappa shape index (κ2) is 54.3. The van der Waals surface area contributed by atoms with E-state index in [2.05, 4.69) is 42.2 Å². The summed E-state index contributed by atoms with van der Waals surface area (Å²) in [5, 5.41) is 112. The smallest absolute Gasteiger partial charge is 0.244 e. The third-order valence-corrected chi connectivity index (χ3v) is 15.1. The summed E-state index contributed by atoms with van der Waals surface area (Å²) in [6.07, 6.45) is 22.2. The fourth-order valence-electron chi connectivity index (χ4n) is 9.22. The van der Waals surface area contributed by atoms with Crippen molar-refractivity contribution in [2.45, 2.75) is 186 Å². The van der Waals surface area contributed by atoms with E-state index in [0.717, 1.165) is 68.1 Å². The van der Waals surface area contributed by atoms with Crippen LogP contribution in [-0.4, -0.2) is 201 Å². The van der Waals surface area contributed by atoms with Gasteiger partial charge in [0.25, 0.3) is 0 Å². The van der Waals surface area contributed by atoms with Crippen LogP contribution in [0, 0.1) is 17.3 Å². The van der Waals surface area contributed by atoms with Crippen LogP contribution in [0.2, 0.25) is 0 Å². The number of benzene rings is 3. The molecule has 2 aliphatic rings. The fourth-order valence-corrected chi connectivity index (χ4v) is 9.22. The number of carbonyl (C=O) groups is 5. The predicted octanol–water partition coefficient (Wildman–Crippen LogP) is 3.58. The van der Waals surface area contributed by atoms with Crippen LogP contribution in [-0.2, 0) is 37.1 Å². The number of amides is 5. The van der Waals surface area contributed by atoms with Gasteiger partial charge in [-0.15, -0.1) is 0 Å². The van der Waals surface area contributed by atoms with E-state index in [0.29, 0.717) is 13.1 Å². The summed E-state index contributed by atoms with van der Waals surface area (Å²) in [6, 6.07) is 25.8. The number of likely N-dealkylation sites (N-methyl/N-ethyl adjacent to an activating group) is 2. The zero-order chi connectivity index (χ0) is 71.4. The summed E-state index contributed by atoms with van der Waals surface area (Å²) in [5.74, 6) is -0.831. The molecular weight excluding hydrogens is 1220 g/mol. The minimum atomic E-state index is -0.855. The van der Waals surface area contributed by atoms with Crippen LogP contribution in [0.3, 0.4) is 0 Å². The highest BCUT2D eigenvalue weighted by Crippen LogP contribution is 2.25. The lowest BCUT2D eigenvalue weighted by atomic mass is 9.88. The Morgan fingerprint density at radius 2 is 0.832 bits per heavy atom. The summed E-state index contributed by atoms with van der Waals surface area (Å²) >= 11 is 0. The van der Waals surface area contributed by atoms with Crippen LogP contribution >= 0.6 is 0 Å². The summed E-state index contributed by atoms with van der Waals surface area (Å²) in [7, 11) is 3.03. The molecule has 0 aromatic heterocycles. The van der Waals surface area contributed by atoms with Crippen LogP contribution in [0.4, 0.5) is 0 Å². The average molecular weight is 1330 g/mol. The Bertz CT molecular complexity index is 2620. The quantitative estimate of drug-likeness (QED) is 0.0349. The monoisotopic (exact) mass is 1330 g/mol. The van der Waals surface area contributed by atoms with Crippen LogP contribution in [0.15, 0.2) is 145 Å². The van der Waals surface area contributed by atoms with E-state index in [1.807, 2.05) is 105 Å². The average Bonchev–Trinajstić information content (AvgIpc) is 1.30. The molecule has 0 heterocycles. The molecule has 0 radical (unpaired) electrons. The number of carbonyl (C=O) groups excluding carboxylic acids is 5. The summed E-state index contributed by atoms with van der Waals surface area (Å²) in [6.45, 7) is 12.4. The maximum absolute atomic E-state index is 11.9. The maximum Gasteiger partial charge on any atom is 0.244 e. The van der Waals surface area contributed by atoms with Gasteiger partial charge in [-0.2, -0.15) is 0 Å². The Labute approximate surface area is 564 Å². The molecule has 0 bridgehead atoms. The Balaban J connectivity index is 0.00000112. The molecule has 3 aromatic carbocycles. The van der Waals surface area contributed by atoms with Gasteiger partial charge in [0.2, 0.25) is 29.5 Å². The third-order valence-electron chi connectivity index (χ3n) is 15.1. The molecule has 534 valence electrons. The van der Waals surface area contributed by atoms with Crippen LogP contribution in [0.5, 0.6) is 0 Å². The first-order valence-corrected chi connectivity index (χ1v) is 32.9. The van der Waals surface area contributed by atoms with E-state index in [-0.39, 0.29) is 87.1 Å². The third kappa shape index (κ3) is 39.7. The van der Waals surface area contributed by atoms with Gasteiger partial charge in [0, 0.05) is 50.7 Å². The van der Waals surface area contributed by atoms with Crippen molar-refractivity contribution < 1.29 is 75.0 Å². The molecule has 0 spiro atoms. The highest BCUT2D eigenvalue weighted by molar-refractivity contribution is 5.88. The number of aliphatic hydroxyl groups is 10. The van der Waals surface area contributed by atoms with E-state index in [9.17, 15) is 44.4 Å². The van der Waals surface area contributed by atoms with Gasteiger partial charge < -0.3 is 83.0 Å². The molecule has 10 atom stereocenters. The molecule has 2 aliphatic carbocycles. The van der Waals surface area contributed by atoms with Crippen molar-refractivity contribution in [3.8, 4) is 0 Å². The summed E-state index contributed by atoms with van der Waals surface area (Å²) in [5.41, 5.74) is 2.64. The summed E-state index contributed by atoms with van der Waals surface area (Å²) < 4.78 is 0.